The van der Waals surface area contributed by atoms with Crippen molar-refractivity contribution in [3.8, 4) is 0 Å². The van der Waals surface area contributed by atoms with Crippen molar-refractivity contribution in [1.29, 1.82) is 0 Å². The Labute approximate surface area is 109 Å². The average Bonchev–Trinajstić information content (AvgIpc) is 2.64. The minimum atomic E-state index is -0.110. The van der Waals surface area contributed by atoms with Crippen molar-refractivity contribution in [3.63, 3.8) is 0 Å². The maximum atomic E-state index is 11.8. The molecule has 1 fully saturated rings. The van der Waals surface area contributed by atoms with Gasteiger partial charge in [-0.3, -0.25) is 4.79 Å². The van der Waals surface area contributed by atoms with Gasteiger partial charge in [0, 0.05) is 24.0 Å². The van der Waals surface area contributed by atoms with E-state index in [2.05, 4.69) is 20.8 Å². The summed E-state index contributed by atoms with van der Waals surface area (Å²) >= 11 is 0. The van der Waals surface area contributed by atoms with Gasteiger partial charge in [-0.05, 0) is 25.2 Å². The molecule has 0 heterocycles. The lowest BCUT2D eigenvalue weighted by Crippen LogP contribution is -2.36. The molecule has 0 aliphatic heterocycles. The fourth-order valence-electron chi connectivity index (χ4n) is 3.33. The number of aliphatic hydroxyl groups excluding tert-OH is 1. The number of hydrogen-bond donors (Lipinski definition) is 1. The van der Waals surface area contributed by atoms with Crippen molar-refractivity contribution in [1.82, 2.24) is 0 Å². The first-order valence-corrected chi connectivity index (χ1v) is 6.97. The number of carbonyl (C=O) groups is 1. The summed E-state index contributed by atoms with van der Waals surface area (Å²) in [7, 11) is 0. The standard InChI is InChI=1S/C15H24O3/c1-10(2)9-18-14-5-4-12-11(8-16)13(17)6-7-15(12,14)3/h10,14,16H,4-9H2,1-3H3/t14-,15-/m1/s1. The predicted octanol–water partition coefficient (Wildman–Crippen LogP) is 2.48. The molecule has 0 amide bonds. The Morgan fingerprint density at radius 1 is 1.44 bits per heavy atom. The molecular weight excluding hydrogens is 228 g/mol. The second-order valence-electron chi connectivity index (χ2n) is 6.21. The van der Waals surface area contributed by atoms with Crippen LogP contribution in [-0.2, 0) is 9.53 Å². The highest BCUT2D eigenvalue weighted by Crippen LogP contribution is 2.51. The number of ether oxygens (including phenoxy) is 1. The van der Waals surface area contributed by atoms with Gasteiger partial charge in [-0.1, -0.05) is 26.3 Å². The minimum absolute atomic E-state index is 0.0269. The van der Waals surface area contributed by atoms with Crippen LogP contribution in [-0.4, -0.2) is 30.2 Å². The van der Waals surface area contributed by atoms with Gasteiger partial charge in [0.1, 0.15) is 0 Å². The summed E-state index contributed by atoms with van der Waals surface area (Å²) in [4.78, 5) is 11.8. The maximum Gasteiger partial charge on any atom is 0.161 e. The summed E-state index contributed by atoms with van der Waals surface area (Å²) in [6.07, 6.45) is 3.52. The Balaban J connectivity index is 2.21. The molecule has 0 aromatic carbocycles. The summed E-state index contributed by atoms with van der Waals surface area (Å²) in [6, 6.07) is 0. The van der Waals surface area contributed by atoms with Gasteiger partial charge < -0.3 is 9.84 Å². The van der Waals surface area contributed by atoms with Crippen molar-refractivity contribution < 1.29 is 14.6 Å². The molecular formula is C15H24O3. The van der Waals surface area contributed by atoms with Crippen LogP contribution >= 0.6 is 0 Å². The fraction of sp³-hybridized carbons (Fsp3) is 0.800. The molecule has 0 spiro atoms. The highest BCUT2D eigenvalue weighted by atomic mass is 16.5. The molecule has 18 heavy (non-hydrogen) atoms. The quantitative estimate of drug-likeness (QED) is 0.836. The van der Waals surface area contributed by atoms with Crippen LogP contribution in [0.25, 0.3) is 0 Å². The van der Waals surface area contributed by atoms with Crippen molar-refractivity contribution in [2.24, 2.45) is 11.3 Å². The van der Waals surface area contributed by atoms with E-state index in [-0.39, 0.29) is 23.9 Å². The van der Waals surface area contributed by atoms with Gasteiger partial charge in [0.2, 0.25) is 0 Å². The van der Waals surface area contributed by atoms with Crippen LogP contribution in [0.3, 0.4) is 0 Å². The number of fused-ring (bicyclic) bond motifs is 1. The van der Waals surface area contributed by atoms with Crippen molar-refractivity contribution in [2.75, 3.05) is 13.2 Å². The van der Waals surface area contributed by atoms with Crippen LogP contribution in [0.1, 0.15) is 46.5 Å². The minimum Gasteiger partial charge on any atom is -0.392 e. The number of hydrogen-bond acceptors (Lipinski definition) is 3. The average molecular weight is 252 g/mol. The molecule has 1 N–H and O–H groups in total. The third-order valence-electron chi connectivity index (χ3n) is 4.42. The van der Waals surface area contributed by atoms with E-state index in [9.17, 15) is 9.90 Å². The van der Waals surface area contributed by atoms with E-state index in [0.717, 1.165) is 31.4 Å². The van der Waals surface area contributed by atoms with Gasteiger partial charge in [0.05, 0.1) is 12.7 Å². The number of carbonyl (C=O) groups excluding carboxylic acids is 1. The Morgan fingerprint density at radius 2 is 2.17 bits per heavy atom. The normalized spacial score (nSPS) is 32.3. The third-order valence-corrected chi connectivity index (χ3v) is 4.42. The first kappa shape index (κ1) is 13.8. The second-order valence-corrected chi connectivity index (χ2v) is 6.21. The third kappa shape index (κ3) is 2.26. The van der Waals surface area contributed by atoms with E-state index in [0.29, 0.717) is 17.9 Å². The van der Waals surface area contributed by atoms with Crippen LogP contribution in [0.2, 0.25) is 0 Å². The summed E-state index contributed by atoms with van der Waals surface area (Å²) in [5.41, 5.74) is 1.80. The number of rotatable bonds is 4. The van der Waals surface area contributed by atoms with E-state index in [1.54, 1.807) is 0 Å². The zero-order valence-electron chi connectivity index (χ0n) is 11.7. The van der Waals surface area contributed by atoms with Crippen LogP contribution in [0.15, 0.2) is 11.1 Å². The summed E-state index contributed by atoms with van der Waals surface area (Å²) in [5, 5.41) is 9.41. The van der Waals surface area contributed by atoms with Crippen LogP contribution in [0, 0.1) is 11.3 Å². The van der Waals surface area contributed by atoms with Crippen LogP contribution in [0.4, 0.5) is 0 Å². The van der Waals surface area contributed by atoms with Gasteiger partial charge in [-0.25, -0.2) is 0 Å². The zero-order chi connectivity index (χ0) is 13.3. The monoisotopic (exact) mass is 252 g/mol. The smallest absolute Gasteiger partial charge is 0.161 e. The molecule has 1 saturated carbocycles. The number of ketones is 1. The maximum absolute atomic E-state index is 11.8. The Bertz CT molecular complexity index is 370. The Hall–Kier alpha value is -0.670. The topological polar surface area (TPSA) is 46.5 Å². The largest absolute Gasteiger partial charge is 0.392 e. The van der Waals surface area contributed by atoms with Crippen LogP contribution in [0.5, 0.6) is 0 Å². The second kappa shape index (κ2) is 5.14. The van der Waals surface area contributed by atoms with Gasteiger partial charge in [-0.15, -0.1) is 0 Å². The van der Waals surface area contributed by atoms with Crippen molar-refractivity contribution in [2.45, 2.75) is 52.6 Å². The highest BCUT2D eigenvalue weighted by Gasteiger charge is 2.47. The van der Waals surface area contributed by atoms with E-state index in [1.165, 1.54) is 0 Å². The predicted molar refractivity (Wildman–Crippen MR) is 70.3 cm³/mol. The molecule has 2 aliphatic carbocycles. The molecule has 2 aliphatic rings. The summed E-state index contributed by atoms with van der Waals surface area (Å²) in [6.45, 7) is 7.16. The first-order valence-electron chi connectivity index (χ1n) is 6.97. The summed E-state index contributed by atoms with van der Waals surface area (Å²) in [5.74, 6) is 0.665. The lowest BCUT2D eigenvalue weighted by atomic mass is 9.71. The SMILES string of the molecule is CC(C)CO[C@@H]1CCC2=C(CO)C(=O)CC[C@]21C. The Kier molecular flexibility index (Phi) is 3.93. The molecule has 0 bridgehead atoms. The molecule has 0 saturated heterocycles. The van der Waals surface area contributed by atoms with E-state index >= 15 is 0 Å². The van der Waals surface area contributed by atoms with Gasteiger partial charge in [0.15, 0.2) is 5.78 Å². The molecule has 3 heteroatoms. The van der Waals surface area contributed by atoms with Crippen molar-refractivity contribution in [3.05, 3.63) is 11.1 Å². The van der Waals surface area contributed by atoms with Gasteiger partial charge in [-0.2, -0.15) is 0 Å². The van der Waals surface area contributed by atoms with E-state index in [4.69, 9.17) is 4.74 Å². The number of aliphatic hydroxyl groups is 1. The van der Waals surface area contributed by atoms with E-state index in [1.807, 2.05) is 0 Å². The molecule has 0 aromatic rings. The molecule has 3 nitrogen and oxygen atoms in total. The Morgan fingerprint density at radius 3 is 2.78 bits per heavy atom. The highest BCUT2D eigenvalue weighted by molar-refractivity contribution is 5.97. The lowest BCUT2D eigenvalue weighted by molar-refractivity contribution is -0.118. The van der Waals surface area contributed by atoms with Gasteiger partial charge in [0.25, 0.3) is 0 Å². The molecule has 0 radical (unpaired) electrons. The molecule has 0 aromatic heterocycles. The van der Waals surface area contributed by atoms with Crippen LogP contribution < -0.4 is 0 Å². The van der Waals surface area contributed by atoms with Crippen molar-refractivity contribution >= 4 is 5.78 Å². The molecule has 2 atom stereocenters. The fourth-order valence-corrected chi connectivity index (χ4v) is 3.33. The lowest BCUT2D eigenvalue weighted by Gasteiger charge is -2.37. The molecule has 2 rings (SSSR count). The number of Topliss-reactive ketones (excluding diaryl/α,β-unsaturated/α-hetero) is 1. The van der Waals surface area contributed by atoms with Gasteiger partial charge >= 0.3 is 0 Å². The summed E-state index contributed by atoms with van der Waals surface area (Å²) < 4.78 is 6.04. The molecule has 102 valence electrons. The zero-order valence-corrected chi connectivity index (χ0v) is 11.7. The molecule has 0 unspecified atom stereocenters. The van der Waals surface area contributed by atoms with E-state index < -0.39 is 0 Å². The first-order chi connectivity index (χ1) is 8.49.